The maximum absolute atomic E-state index is 14.2. The van der Waals surface area contributed by atoms with E-state index in [1.54, 1.807) is 6.92 Å². The van der Waals surface area contributed by atoms with Gasteiger partial charge in [0.1, 0.15) is 4.90 Å². The van der Waals surface area contributed by atoms with Gasteiger partial charge in [0.2, 0.25) is 10.0 Å². The molecule has 0 aliphatic heterocycles. The van der Waals surface area contributed by atoms with Gasteiger partial charge in [0, 0.05) is 13.1 Å². The molecule has 0 bridgehead atoms. The van der Waals surface area contributed by atoms with Crippen LogP contribution in [0.4, 0.5) is 10.1 Å². The molecule has 0 fully saturated rings. The Bertz CT molecular complexity index is 647. The third-order valence-electron chi connectivity index (χ3n) is 2.69. The fraction of sp³-hybridized carbons (Fsp3) is 0.500. The number of aliphatic hydroxyl groups is 1. The second kappa shape index (κ2) is 6.37. The van der Waals surface area contributed by atoms with Gasteiger partial charge in [0.15, 0.2) is 5.82 Å². The lowest BCUT2D eigenvalue weighted by molar-refractivity contribution is 0.0601. The monoisotopic (exact) mass is 402 g/mol. The molecule has 1 rings (SSSR count). The van der Waals surface area contributed by atoms with E-state index in [9.17, 15) is 17.9 Å². The van der Waals surface area contributed by atoms with Crippen LogP contribution in [0, 0.1) is 5.82 Å². The number of hydrogen-bond donors (Lipinski definition) is 2. The Kier molecular flexibility index (Phi) is 5.66. The Balaban J connectivity index is 3.43. The standard InChI is InChI=1S/C12H17BrClFN2O3S/c1-4-17(6-12(2,3)18)21(19,20)8-5-7(14)9(13)11(16)10(8)15/h5,18H,4,6,16H2,1-3H3. The summed E-state index contributed by atoms with van der Waals surface area (Å²) >= 11 is 8.84. The van der Waals surface area contributed by atoms with Crippen LogP contribution in [0.1, 0.15) is 20.8 Å². The number of nitrogens with zero attached hydrogens (tertiary/aromatic N) is 1. The number of nitrogen functional groups attached to an aromatic ring is 1. The molecule has 0 aromatic heterocycles. The third-order valence-corrected chi connectivity index (χ3v) is 5.99. The first-order valence-electron chi connectivity index (χ1n) is 6.07. The van der Waals surface area contributed by atoms with E-state index < -0.39 is 26.3 Å². The predicted octanol–water partition coefficient (Wildman–Crippen LogP) is 2.61. The molecule has 0 heterocycles. The van der Waals surface area contributed by atoms with E-state index >= 15 is 0 Å². The molecular formula is C12H17BrClFN2O3S. The van der Waals surface area contributed by atoms with Crippen LogP contribution < -0.4 is 5.73 Å². The molecule has 0 aliphatic carbocycles. The van der Waals surface area contributed by atoms with Gasteiger partial charge in [-0.1, -0.05) is 18.5 Å². The lowest BCUT2D eigenvalue weighted by Gasteiger charge is -2.27. The Labute approximate surface area is 137 Å². The normalized spacial score (nSPS) is 13.0. The number of anilines is 1. The molecule has 0 saturated heterocycles. The number of halogens is 3. The summed E-state index contributed by atoms with van der Waals surface area (Å²) in [4.78, 5) is -0.612. The highest BCUT2D eigenvalue weighted by molar-refractivity contribution is 9.10. The lowest BCUT2D eigenvalue weighted by Crippen LogP contribution is -2.42. The van der Waals surface area contributed by atoms with Crippen LogP contribution in [0.15, 0.2) is 15.4 Å². The highest BCUT2D eigenvalue weighted by Gasteiger charge is 2.32. The molecule has 0 amide bonds. The highest BCUT2D eigenvalue weighted by atomic mass is 79.9. The van der Waals surface area contributed by atoms with Crippen molar-refractivity contribution < 1.29 is 17.9 Å². The van der Waals surface area contributed by atoms with Crippen LogP contribution in [0.5, 0.6) is 0 Å². The molecule has 5 nitrogen and oxygen atoms in total. The zero-order chi connectivity index (χ0) is 16.6. The predicted molar refractivity (Wildman–Crippen MR) is 84.3 cm³/mol. The van der Waals surface area contributed by atoms with E-state index in [0.717, 1.165) is 10.4 Å². The van der Waals surface area contributed by atoms with Crippen molar-refractivity contribution >= 4 is 43.2 Å². The smallest absolute Gasteiger partial charge is 0.246 e. The van der Waals surface area contributed by atoms with Gasteiger partial charge in [0.05, 0.1) is 20.8 Å². The molecule has 1 aromatic rings. The van der Waals surface area contributed by atoms with Crippen LogP contribution >= 0.6 is 27.5 Å². The molecule has 3 N–H and O–H groups in total. The molecule has 21 heavy (non-hydrogen) atoms. The van der Waals surface area contributed by atoms with Crippen molar-refractivity contribution in [1.29, 1.82) is 0 Å². The molecule has 9 heteroatoms. The van der Waals surface area contributed by atoms with Gasteiger partial charge in [-0.2, -0.15) is 4.31 Å². The highest BCUT2D eigenvalue weighted by Crippen LogP contribution is 2.35. The number of benzene rings is 1. The van der Waals surface area contributed by atoms with Gasteiger partial charge in [-0.15, -0.1) is 0 Å². The molecule has 1 aromatic carbocycles. The van der Waals surface area contributed by atoms with Crippen molar-refractivity contribution in [2.45, 2.75) is 31.3 Å². The number of hydrogen-bond acceptors (Lipinski definition) is 4. The van der Waals surface area contributed by atoms with Gasteiger partial charge in [-0.25, -0.2) is 12.8 Å². The summed E-state index contributed by atoms with van der Waals surface area (Å²) in [5.41, 5.74) is 3.88. The SMILES string of the molecule is CCN(CC(C)(C)O)S(=O)(=O)c1cc(Cl)c(Br)c(N)c1F. The molecule has 0 radical (unpaired) electrons. The van der Waals surface area contributed by atoms with Gasteiger partial charge in [-0.3, -0.25) is 0 Å². The molecule has 120 valence electrons. The van der Waals surface area contributed by atoms with Crippen LogP contribution in [0.25, 0.3) is 0 Å². The first-order valence-corrected chi connectivity index (χ1v) is 8.68. The van der Waals surface area contributed by atoms with Crippen molar-refractivity contribution in [3.63, 3.8) is 0 Å². The zero-order valence-corrected chi connectivity index (χ0v) is 15.0. The minimum absolute atomic E-state index is 0.00760. The van der Waals surface area contributed by atoms with Crippen molar-refractivity contribution in [1.82, 2.24) is 4.31 Å². The first kappa shape index (κ1) is 18.6. The average molecular weight is 404 g/mol. The molecule has 0 aliphatic rings. The molecular weight excluding hydrogens is 387 g/mol. The average Bonchev–Trinajstić information content (AvgIpc) is 2.36. The molecule has 0 spiro atoms. The van der Waals surface area contributed by atoms with Crippen LogP contribution in [-0.2, 0) is 10.0 Å². The Hall–Kier alpha value is -0.410. The van der Waals surface area contributed by atoms with E-state index in [-0.39, 0.29) is 28.3 Å². The van der Waals surface area contributed by atoms with Gasteiger partial charge < -0.3 is 10.8 Å². The quantitative estimate of drug-likeness (QED) is 0.585. The summed E-state index contributed by atoms with van der Waals surface area (Å²) in [7, 11) is -4.16. The van der Waals surface area contributed by atoms with E-state index in [4.69, 9.17) is 17.3 Å². The van der Waals surface area contributed by atoms with Crippen molar-refractivity contribution in [2.75, 3.05) is 18.8 Å². The topological polar surface area (TPSA) is 83.6 Å². The number of nitrogens with two attached hydrogens (primary N) is 1. The van der Waals surface area contributed by atoms with Gasteiger partial charge in [-0.05, 0) is 35.8 Å². The molecule has 0 atom stereocenters. The van der Waals surface area contributed by atoms with E-state index in [1.165, 1.54) is 13.8 Å². The van der Waals surface area contributed by atoms with E-state index in [1.807, 2.05) is 0 Å². The zero-order valence-electron chi connectivity index (χ0n) is 11.8. The fourth-order valence-corrected chi connectivity index (χ4v) is 4.00. The number of sulfonamides is 1. The largest absolute Gasteiger partial charge is 0.395 e. The maximum atomic E-state index is 14.2. The van der Waals surface area contributed by atoms with Crippen molar-refractivity contribution in [3.8, 4) is 0 Å². The first-order chi connectivity index (χ1) is 9.41. The summed E-state index contributed by atoms with van der Waals surface area (Å²) in [5.74, 6) is -1.07. The molecule has 0 unspecified atom stereocenters. The Morgan fingerprint density at radius 3 is 2.48 bits per heavy atom. The number of likely N-dealkylation sites (N-methyl/N-ethyl adjacent to an activating group) is 1. The fourth-order valence-electron chi connectivity index (χ4n) is 1.72. The summed E-state index contributed by atoms with van der Waals surface area (Å²) in [6.45, 7) is 4.40. The summed E-state index contributed by atoms with van der Waals surface area (Å²) in [5, 5.41) is 9.79. The number of rotatable bonds is 5. The third kappa shape index (κ3) is 4.07. The van der Waals surface area contributed by atoms with Crippen molar-refractivity contribution in [3.05, 3.63) is 21.4 Å². The Morgan fingerprint density at radius 1 is 1.52 bits per heavy atom. The second-order valence-corrected chi connectivity index (χ2v) is 8.25. The van der Waals surface area contributed by atoms with Gasteiger partial charge >= 0.3 is 0 Å². The minimum atomic E-state index is -4.16. The van der Waals surface area contributed by atoms with Crippen molar-refractivity contribution in [2.24, 2.45) is 0 Å². The second-order valence-electron chi connectivity index (χ2n) is 5.14. The van der Waals surface area contributed by atoms with Crippen LogP contribution in [0.3, 0.4) is 0 Å². The van der Waals surface area contributed by atoms with Crippen LogP contribution in [0.2, 0.25) is 5.02 Å². The van der Waals surface area contributed by atoms with E-state index in [2.05, 4.69) is 15.9 Å². The minimum Gasteiger partial charge on any atom is -0.395 e. The summed E-state index contributed by atoms with van der Waals surface area (Å²) in [6.07, 6.45) is 0. The van der Waals surface area contributed by atoms with Gasteiger partial charge in [0.25, 0.3) is 0 Å². The lowest BCUT2D eigenvalue weighted by atomic mass is 10.1. The summed E-state index contributed by atoms with van der Waals surface area (Å²) < 4.78 is 40.3. The van der Waals surface area contributed by atoms with Crippen LogP contribution in [-0.4, -0.2) is 36.5 Å². The van der Waals surface area contributed by atoms with E-state index in [0.29, 0.717) is 0 Å². The maximum Gasteiger partial charge on any atom is 0.246 e. The summed E-state index contributed by atoms with van der Waals surface area (Å²) in [6, 6.07) is 1.000. The Morgan fingerprint density at radius 2 is 2.05 bits per heavy atom. The molecule has 0 saturated carbocycles.